The van der Waals surface area contributed by atoms with Crippen LogP contribution in [-0.4, -0.2) is 20.4 Å². The third kappa shape index (κ3) is 3.89. The van der Waals surface area contributed by atoms with Crippen LogP contribution in [0.1, 0.15) is 37.3 Å². The first-order valence-electron chi connectivity index (χ1n) is 10.1. The molecule has 0 radical (unpaired) electrons. The number of quaternary nitrogens is 1. The molecule has 29 heavy (non-hydrogen) atoms. The molecule has 1 unspecified atom stereocenters. The van der Waals surface area contributed by atoms with Crippen LogP contribution in [0.4, 0.5) is 8.78 Å². The maximum atomic E-state index is 14.5. The van der Waals surface area contributed by atoms with Gasteiger partial charge < -0.3 is 4.90 Å². The second-order valence-corrected chi connectivity index (χ2v) is 8.45. The molecule has 1 atom stereocenters. The number of halogens is 2. The van der Waals surface area contributed by atoms with E-state index in [-0.39, 0.29) is 11.6 Å². The fraction of sp³-hybridized carbons (Fsp3) is 0.364. The zero-order valence-corrected chi connectivity index (χ0v) is 16.8. The highest BCUT2D eigenvalue weighted by atomic mass is 32.1. The minimum Gasteiger partial charge on any atom is -0.310 e. The monoisotopic (exact) mass is 413 g/mol. The standard InChI is InChI=1S/C22H22F2N4S/c23-16-7-5-15(6-8-16)13-26(17-9-10-17)14-27-22(29)28(18-11-12-18)21(25-27)19-3-1-2-4-20(19)24/h1-8,17-18H,9-14H2/p+1. The van der Waals surface area contributed by atoms with Gasteiger partial charge in [-0.15, -0.1) is 5.10 Å². The van der Waals surface area contributed by atoms with E-state index < -0.39 is 0 Å². The van der Waals surface area contributed by atoms with Crippen LogP contribution in [0.25, 0.3) is 11.4 Å². The molecule has 0 spiro atoms. The highest BCUT2D eigenvalue weighted by molar-refractivity contribution is 7.71. The summed E-state index contributed by atoms with van der Waals surface area (Å²) in [6.07, 6.45) is 4.45. The van der Waals surface area contributed by atoms with Gasteiger partial charge in [-0.05, 0) is 49.3 Å². The van der Waals surface area contributed by atoms with Crippen LogP contribution in [0.3, 0.4) is 0 Å². The van der Waals surface area contributed by atoms with Gasteiger partial charge in [0.1, 0.15) is 18.2 Å². The second-order valence-electron chi connectivity index (χ2n) is 8.08. The molecule has 2 aromatic carbocycles. The first-order valence-corrected chi connectivity index (χ1v) is 10.5. The van der Waals surface area contributed by atoms with E-state index in [0.29, 0.717) is 34.9 Å². The minimum absolute atomic E-state index is 0.221. The smallest absolute Gasteiger partial charge is 0.203 e. The molecule has 5 rings (SSSR count). The first kappa shape index (κ1) is 18.6. The molecule has 2 saturated carbocycles. The lowest BCUT2D eigenvalue weighted by molar-refractivity contribution is -0.947. The van der Waals surface area contributed by atoms with Crippen LogP contribution in [0.15, 0.2) is 48.5 Å². The van der Waals surface area contributed by atoms with Gasteiger partial charge in [-0.3, -0.25) is 4.57 Å². The van der Waals surface area contributed by atoms with E-state index in [4.69, 9.17) is 17.3 Å². The van der Waals surface area contributed by atoms with Gasteiger partial charge in [-0.25, -0.2) is 8.78 Å². The first-order chi connectivity index (χ1) is 14.1. The number of aromatic nitrogens is 3. The van der Waals surface area contributed by atoms with Crippen molar-refractivity contribution in [3.63, 3.8) is 0 Å². The molecule has 1 aromatic heterocycles. The van der Waals surface area contributed by atoms with Crippen LogP contribution in [0, 0.1) is 16.4 Å². The Morgan fingerprint density at radius 3 is 2.38 bits per heavy atom. The lowest BCUT2D eigenvalue weighted by atomic mass is 10.2. The van der Waals surface area contributed by atoms with Crippen LogP contribution in [-0.2, 0) is 13.2 Å². The summed E-state index contributed by atoms with van der Waals surface area (Å²) in [5.74, 6) is 0.119. The molecule has 3 aromatic rings. The molecule has 1 heterocycles. The zero-order chi connectivity index (χ0) is 20.0. The minimum atomic E-state index is -0.278. The van der Waals surface area contributed by atoms with Gasteiger partial charge >= 0.3 is 0 Å². The maximum Gasteiger partial charge on any atom is 0.203 e. The van der Waals surface area contributed by atoms with E-state index in [0.717, 1.165) is 24.9 Å². The zero-order valence-electron chi connectivity index (χ0n) is 16.0. The summed E-state index contributed by atoms with van der Waals surface area (Å²) in [5.41, 5.74) is 1.59. The third-order valence-electron chi connectivity index (χ3n) is 5.75. The molecular formula is C22H23F2N4S+. The fourth-order valence-corrected chi connectivity index (χ4v) is 4.23. The van der Waals surface area contributed by atoms with E-state index in [9.17, 15) is 8.78 Å². The third-order valence-corrected chi connectivity index (χ3v) is 6.16. The average Bonchev–Trinajstić information content (AvgIpc) is 3.62. The van der Waals surface area contributed by atoms with Crippen molar-refractivity contribution in [2.24, 2.45) is 0 Å². The molecular weight excluding hydrogens is 390 g/mol. The van der Waals surface area contributed by atoms with Crippen molar-refractivity contribution in [1.29, 1.82) is 0 Å². The van der Waals surface area contributed by atoms with E-state index >= 15 is 0 Å². The van der Waals surface area contributed by atoms with Crippen LogP contribution >= 0.6 is 12.2 Å². The van der Waals surface area contributed by atoms with Crippen LogP contribution in [0.2, 0.25) is 0 Å². The summed E-state index contributed by atoms with van der Waals surface area (Å²) in [7, 11) is 0. The van der Waals surface area contributed by atoms with Gasteiger partial charge in [0, 0.05) is 24.4 Å². The average molecular weight is 414 g/mol. The summed E-state index contributed by atoms with van der Waals surface area (Å²) in [6.45, 7) is 1.42. The number of hydrogen-bond donors (Lipinski definition) is 1. The molecule has 1 N–H and O–H groups in total. The predicted molar refractivity (Wildman–Crippen MR) is 109 cm³/mol. The lowest BCUT2D eigenvalue weighted by Gasteiger charge is -2.19. The molecule has 150 valence electrons. The number of hydrogen-bond acceptors (Lipinski definition) is 2. The second kappa shape index (κ2) is 7.46. The Hall–Kier alpha value is -2.38. The van der Waals surface area contributed by atoms with Crippen molar-refractivity contribution in [2.45, 2.75) is 51.0 Å². The Bertz CT molecular complexity index is 1080. The Kier molecular flexibility index (Phi) is 4.80. The summed E-state index contributed by atoms with van der Waals surface area (Å²) in [5, 5.41) is 4.76. The van der Waals surface area contributed by atoms with Gasteiger partial charge in [0.15, 0.2) is 12.5 Å². The van der Waals surface area contributed by atoms with Crippen molar-refractivity contribution < 1.29 is 13.7 Å². The topological polar surface area (TPSA) is 27.2 Å². The normalized spacial score (nSPS) is 17.4. The van der Waals surface area contributed by atoms with Crippen molar-refractivity contribution in [3.8, 4) is 11.4 Å². The maximum absolute atomic E-state index is 14.5. The van der Waals surface area contributed by atoms with Gasteiger partial charge in [0.25, 0.3) is 0 Å². The largest absolute Gasteiger partial charge is 0.310 e. The van der Waals surface area contributed by atoms with Gasteiger partial charge in [-0.2, -0.15) is 4.68 Å². The number of nitrogens with one attached hydrogen (secondary N) is 1. The van der Waals surface area contributed by atoms with Crippen LogP contribution in [0.5, 0.6) is 0 Å². The molecule has 0 amide bonds. The van der Waals surface area contributed by atoms with E-state index in [1.54, 1.807) is 12.1 Å². The Morgan fingerprint density at radius 2 is 1.72 bits per heavy atom. The van der Waals surface area contributed by atoms with E-state index in [1.807, 2.05) is 27.4 Å². The summed E-state index contributed by atoms with van der Waals surface area (Å²) < 4.78 is 32.3. The number of rotatable bonds is 7. The predicted octanol–water partition coefficient (Wildman–Crippen LogP) is 3.90. The molecule has 2 aliphatic carbocycles. The van der Waals surface area contributed by atoms with E-state index in [1.165, 1.54) is 35.9 Å². The highest BCUT2D eigenvalue weighted by Gasteiger charge is 2.35. The SMILES string of the molecule is Fc1ccc(C[NH+](Cn2nc(-c3ccccc3F)n(C3CC3)c2=S)C2CC2)cc1. The number of nitrogens with zero attached hydrogens (tertiary/aromatic N) is 3. The van der Waals surface area contributed by atoms with E-state index in [2.05, 4.69) is 0 Å². The molecule has 2 aliphatic rings. The van der Waals surface area contributed by atoms with Gasteiger partial charge in [-0.1, -0.05) is 24.3 Å². The fourth-order valence-electron chi connectivity index (χ4n) is 3.89. The Labute approximate surface area is 173 Å². The van der Waals surface area contributed by atoms with Crippen LogP contribution < -0.4 is 4.90 Å². The molecule has 0 aliphatic heterocycles. The number of benzene rings is 2. The summed E-state index contributed by atoms with van der Waals surface area (Å²) >= 11 is 5.76. The molecule has 0 saturated heterocycles. The van der Waals surface area contributed by atoms with Crippen molar-refractivity contribution >= 4 is 12.2 Å². The Morgan fingerprint density at radius 1 is 1.00 bits per heavy atom. The molecule has 2 fully saturated rings. The van der Waals surface area contributed by atoms with Gasteiger partial charge in [0.2, 0.25) is 4.77 Å². The molecule has 4 nitrogen and oxygen atoms in total. The lowest BCUT2D eigenvalue weighted by Crippen LogP contribution is -3.11. The quantitative estimate of drug-likeness (QED) is 0.595. The van der Waals surface area contributed by atoms with Crippen molar-refractivity contribution in [1.82, 2.24) is 14.3 Å². The van der Waals surface area contributed by atoms with Gasteiger partial charge in [0.05, 0.1) is 11.6 Å². The summed E-state index contributed by atoms with van der Waals surface area (Å²) in [4.78, 5) is 1.35. The summed E-state index contributed by atoms with van der Waals surface area (Å²) in [6, 6.07) is 14.3. The van der Waals surface area contributed by atoms with Crippen molar-refractivity contribution in [2.75, 3.05) is 0 Å². The highest BCUT2D eigenvalue weighted by Crippen LogP contribution is 2.38. The molecule has 7 heteroatoms. The van der Waals surface area contributed by atoms with Crippen molar-refractivity contribution in [3.05, 3.63) is 70.5 Å². The molecule has 0 bridgehead atoms. The Balaban J connectivity index is 1.47.